The Hall–Kier alpha value is -4.51. The summed E-state index contributed by atoms with van der Waals surface area (Å²) in [5.41, 5.74) is 2.62. The maximum absolute atomic E-state index is 13.9. The standard InChI is InChI=1S/C30H33FN6O4/c1-30(2,3)41-29(39)32-17-23(38)35-22-11-7-20(8-12-22)26-24(19-5-9-21(31)10-6-19)25-27(33-18-34-28(25)40-26)37-15-13-36(4)14-16-37/h5-12,18H,13-17H2,1-4H3,(H,32,39)(H,35,38). The molecule has 2 amide bonds. The average Bonchev–Trinajstić information content (AvgIpc) is 3.32. The molecule has 1 aliphatic rings. The summed E-state index contributed by atoms with van der Waals surface area (Å²) in [6.07, 6.45) is 0.835. The van der Waals surface area contributed by atoms with E-state index >= 15 is 0 Å². The Bertz CT molecular complexity index is 1540. The number of anilines is 2. The second-order valence-corrected chi connectivity index (χ2v) is 11.0. The van der Waals surface area contributed by atoms with Crippen molar-refractivity contribution in [2.75, 3.05) is 50.0 Å². The number of nitrogens with one attached hydrogen (secondary N) is 2. The lowest BCUT2D eigenvalue weighted by Crippen LogP contribution is -2.44. The number of carbonyl (C=O) groups is 2. The minimum atomic E-state index is -0.666. The van der Waals surface area contributed by atoms with E-state index in [2.05, 4.69) is 37.4 Å². The first kappa shape index (κ1) is 28.0. The summed E-state index contributed by atoms with van der Waals surface area (Å²) < 4.78 is 25.3. The van der Waals surface area contributed by atoms with Gasteiger partial charge in [0.05, 0.1) is 5.39 Å². The second-order valence-electron chi connectivity index (χ2n) is 11.0. The van der Waals surface area contributed by atoms with Gasteiger partial charge >= 0.3 is 6.09 Å². The Balaban J connectivity index is 1.44. The van der Waals surface area contributed by atoms with Gasteiger partial charge in [-0.1, -0.05) is 12.1 Å². The number of fused-ring (bicyclic) bond motifs is 1. The smallest absolute Gasteiger partial charge is 0.408 e. The average molecular weight is 561 g/mol. The lowest BCUT2D eigenvalue weighted by molar-refractivity contribution is -0.115. The maximum atomic E-state index is 13.9. The van der Waals surface area contributed by atoms with Crippen molar-refractivity contribution in [3.8, 4) is 22.5 Å². The molecule has 214 valence electrons. The van der Waals surface area contributed by atoms with Gasteiger partial charge in [-0.2, -0.15) is 0 Å². The van der Waals surface area contributed by atoms with Crippen molar-refractivity contribution < 1.29 is 23.1 Å². The summed E-state index contributed by atoms with van der Waals surface area (Å²) in [5.74, 6) is 0.608. The van der Waals surface area contributed by atoms with Crippen molar-refractivity contribution in [2.45, 2.75) is 26.4 Å². The van der Waals surface area contributed by atoms with Crippen LogP contribution in [0.3, 0.4) is 0 Å². The quantitative estimate of drug-likeness (QED) is 0.342. The molecule has 0 aliphatic carbocycles. The molecule has 41 heavy (non-hydrogen) atoms. The van der Waals surface area contributed by atoms with Crippen LogP contribution < -0.4 is 15.5 Å². The summed E-state index contributed by atoms with van der Waals surface area (Å²) in [7, 11) is 2.09. The van der Waals surface area contributed by atoms with Gasteiger partial charge < -0.3 is 29.6 Å². The third kappa shape index (κ3) is 6.63. The van der Waals surface area contributed by atoms with Gasteiger partial charge in [0.25, 0.3) is 0 Å². The van der Waals surface area contributed by atoms with Gasteiger partial charge in [0.2, 0.25) is 11.6 Å². The zero-order valence-electron chi connectivity index (χ0n) is 23.5. The van der Waals surface area contributed by atoms with Crippen LogP contribution in [0.15, 0.2) is 59.3 Å². The molecule has 0 bridgehead atoms. The van der Waals surface area contributed by atoms with Crippen LogP contribution in [-0.2, 0) is 9.53 Å². The Labute approximate surface area is 237 Å². The highest BCUT2D eigenvalue weighted by atomic mass is 19.1. The van der Waals surface area contributed by atoms with E-state index in [9.17, 15) is 14.0 Å². The first-order valence-corrected chi connectivity index (χ1v) is 13.4. The Morgan fingerprint density at radius 2 is 1.63 bits per heavy atom. The molecular formula is C30H33FN6O4. The third-order valence-corrected chi connectivity index (χ3v) is 6.63. The zero-order valence-corrected chi connectivity index (χ0v) is 23.5. The van der Waals surface area contributed by atoms with Gasteiger partial charge in [-0.25, -0.2) is 19.2 Å². The van der Waals surface area contributed by atoms with Crippen LogP contribution in [0.4, 0.5) is 20.7 Å². The number of carbonyl (C=O) groups excluding carboxylic acids is 2. The molecule has 0 unspecified atom stereocenters. The number of nitrogens with zero attached hydrogens (tertiary/aromatic N) is 4. The minimum absolute atomic E-state index is 0.233. The lowest BCUT2D eigenvalue weighted by atomic mass is 9.99. The number of aromatic nitrogens is 2. The van der Waals surface area contributed by atoms with Gasteiger partial charge in [0.1, 0.15) is 35.9 Å². The molecule has 0 saturated carbocycles. The van der Waals surface area contributed by atoms with Crippen molar-refractivity contribution in [1.82, 2.24) is 20.2 Å². The number of ether oxygens (including phenoxy) is 1. The highest BCUT2D eigenvalue weighted by Gasteiger charge is 2.26. The lowest BCUT2D eigenvalue weighted by Gasteiger charge is -2.33. The number of hydrogen-bond acceptors (Lipinski definition) is 8. The fraction of sp³-hybridized carbons (Fsp3) is 0.333. The van der Waals surface area contributed by atoms with E-state index in [0.29, 0.717) is 17.2 Å². The number of amides is 2. The van der Waals surface area contributed by atoms with E-state index in [1.54, 1.807) is 45.0 Å². The normalized spacial score (nSPS) is 14.2. The number of alkyl carbamates (subject to hydrolysis) is 1. The predicted octanol–water partition coefficient (Wildman–Crippen LogP) is 4.91. The van der Waals surface area contributed by atoms with Gasteiger partial charge in [-0.05, 0) is 69.8 Å². The monoisotopic (exact) mass is 560 g/mol. The summed E-state index contributed by atoms with van der Waals surface area (Å²) in [6, 6.07) is 13.4. The number of piperazine rings is 1. The third-order valence-electron chi connectivity index (χ3n) is 6.63. The molecule has 3 heterocycles. The summed E-state index contributed by atoms with van der Waals surface area (Å²) in [4.78, 5) is 37.8. The number of likely N-dealkylation sites (N-methyl/N-ethyl adjacent to an activating group) is 1. The number of halogens is 1. The largest absolute Gasteiger partial charge is 0.444 e. The molecule has 2 aromatic heterocycles. The van der Waals surface area contributed by atoms with Gasteiger partial charge in [-0.15, -0.1) is 0 Å². The number of rotatable bonds is 6. The fourth-order valence-corrected chi connectivity index (χ4v) is 4.65. The SMILES string of the molecule is CN1CCN(c2ncnc3oc(-c4ccc(NC(=O)CNC(=O)OC(C)(C)C)cc4)c(-c4ccc(F)cc4)c23)CC1. The van der Waals surface area contributed by atoms with Crippen molar-refractivity contribution >= 4 is 34.6 Å². The Morgan fingerprint density at radius 3 is 2.29 bits per heavy atom. The summed E-state index contributed by atoms with van der Waals surface area (Å²) >= 11 is 0. The molecule has 1 fully saturated rings. The van der Waals surface area contributed by atoms with E-state index in [0.717, 1.165) is 54.1 Å². The van der Waals surface area contributed by atoms with E-state index in [1.165, 1.54) is 18.5 Å². The fourth-order valence-electron chi connectivity index (χ4n) is 4.65. The van der Waals surface area contributed by atoms with E-state index < -0.39 is 17.6 Å². The van der Waals surface area contributed by atoms with E-state index in [-0.39, 0.29) is 12.4 Å². The van der Waals surface area contributed by atoms with Gasteiger partial charge in [0, 0.05) is 43.0 Å². The Morgan fingerprint density at radius 1 is 0.976 bits per heavy atom. The molecule has 0 atom stereocenters. The van der Waals surface area contributed by atoms with Crippen molar-refractivity contribution in [1.29, 1.82) is 0 Å². The highest BCUT2D eigenvalue weighted by Crippen LogP contribution is 2.43. The first-order valence-electron chi connectivity index (χ1n) is 13.4. The molecule has 0 spiro atoms. The molecule has 11 heteroatoms. The minimum Gasteiger partial charge on any atom is -0.444 e. The molecule has 5 rings (SSSR count). The molecule has 1 aliphatic heterocycles. The predicted molar refractivity (Wildman–Crippen MR) is 155 cm³/mol. The molecule has 10 nitrogen and oxygen atoms in total. The van der Waals surface area contributed by atoms with Crippen LogP contribution in [0.25, 0.3) is 33.6 Å². The second kappa shape index (κ2) is 11.5. The van der Waals surface area contributed by atoms with Crippen LogP contribution in [0.2, 0.25) is 0 Å². The number of benzene rings is 2. The van der Waals surface area contributed by atoms with Crippen molar-refractivity contribution in [2.24, 2.45) is 0 Å². The first-order chi connectivity index (χ1) is 19.6. The maximum Gasteiger partial charge on any atom is 0.408 e. The van der Waals surface area contributed by atoms with E-state index in [1.807, 2.05) is 12.1 Å². The molecule has 2 aromatic carbocycles. The number of hydrogen-bond donors (Lipinski definition) is 2. The van der Waals surface area contributed by atoms with Crippen molar-refractivity contribution in [3.63, 3.8) is 0 Å². The number of furan rings is 1. The van der Waals surface area contributed by atoms with Gasteiger partial charge in [-0.3, -0.25) is 4.79 Å². The summed E-state index contributed by atoms with van der Waals surface area (Å²) in [6.45, 7) is 8.44. The van der Waals surface area contributed by atoms with Crippen LogP contribution in [0.5, 0.6) is 0 Å². The molecular weight excluding hydrogens is 527 g/mol. The van der Waals surface area contributed by atoms with Crippen LogP contribution in [0, 0.1) is 5.82 Å². The highest BCUT2D eigenvalue weighted by molar-refractivity contribution is 6.06. The topological polar surface area (TPSA) is 113 Å². The molecule has 0 radical (unpaired) electrons. The zero-order chi connectivity index (χ0) is 29.1. The Kier molecular flexibility index (Phi) is 7.89. The van der Waals surface area contributed by atoms with Crippen LogP contribution >= 0.6 is 0 Å². The molecule has 2 N–H and O–H groups in total. The van der Waals surface area contributed by atoms with Crippen LogP contribution in [-0.4, -0.2) is 72.2 Å². The van der Waals surface area contributed by atoms with Crippen molar-refractivity contribution in [3.05, 3.63) is 60.7 Å². The van der Waals surface area contributed by atoms with Crippen LogP contribution in [0.1, 0.15) is 20.8 Å². The van der Waals surface area contributed by atoms with Gasteiger partial charge in [0.15, 0.2) is 0 Å². The summed E-state index contributed by atoms with van der Waals surface area (Å²) in [5, 5.41) is 5.97. The molecule has 4 aromatic rings. The van der Waals surface area contributed by atoms with E-state index in [4.69, 9.17) is 9.15 Å². The molecule has 1 saturated heterocycles.